The molecule has 140 valence electrons. The highest BCUT2D eigenvalue weighted by Gasteiger charge is 2.18. The van der Waals surface area contributed by atoms with E-state index >= 15 is 0 Å². The molecule has 4 aromatic rings. The van der Waals surface area contributed by atoms with Crippen molar-refractivity contribution in [3.8, 4) is 10.9 Å². The number of carbonyl (C=O) groups excluding carboxylic acids is 1. The van der Waals surface area contributed by atoms with Gasteiger partial charge in [-0.25, -0.2) is 4.98 Å². The van der Waals surface area contributed by atoms with Crippen LogP contribution in [0.4, 0.5) is 0 Å². The number of nitrogens with zero attached hydrogens (tertiary/aromatic N) is 2. The molecular formula is C22H18N2O3S. The van der Waals surface area contributed by atoms with E-state index < -0.39 is 0 Å². The molecule has 28 heavy (non-hydrogen) atoms. The molecule has 0 saturated heterocycles. The van der Waals surface area contributed by atoms with Crippen LogP contribution >= 0.6 is 11.3 Å². The summed E-state index contributed by atoms with van der Waals surface area (Å²) < 4.78 is 1.49. The molecule has 0 atom stereocenters. The molecule has 5 nitrogen and oxygen atoms in total. The molecule has 0 radical (unpaired) electrons. The Balaban J connectivity index is 1.68. The number of aromatic nitrogens is 2. The van der Waals surface area contributed by atoms with Crippen LogP contribution in [0.15, 0.2) is 65.5 Å². The Bertz CT molecular complexity index is 1230. The molecule has 2 aromatic heterocycles. The van der Waals surface area contributed by atoms with Crippen LogP contribution in [0, 0.1) is 6.92 Å². The van der Waals surface area contributed by atoms with E-state index in [-0.39, 0.29) is 17.1 Å². The van der Waals surface area contributed by atoms with Gasteiger partial charge in [-0.15, -0.1) is 0 Å². The lowest BCUT2D eigenvalue weighted by atomic mass is 10.1. The summed E-state index contributed by atoms with van der Waals surface area (Å²) in [5.74, 6) is 0.154. The molecule has 2 aromatic carbocycles. The van der Waals surface area contributed by atoms with Crippen LogP contribution in [0.3, 0.4) is 0 Å². The number of aryl methyl sites for hydroxylation is 2. The van der Waals surface area contributed by atoms with Crippen molar-refractivity contribution >= 4 is 28.0 Å². The molecule has 2 heterocycles. The van der Waals surface area contributed by atoms with Gasteiger partial charge in [0.1, 0.15) is 5.75 Å². The second-order valence-corrected chi connectivity index (χ2v) is 7.55. The lowest BCUT2D eigenvalue weighted by Crippen LogP contribution is -2.17. The molecule has 0 spiro atoms. The van der Waals surface area contributed by atoms with Crippen LogP contribution in [-0.4, -0.2) is 20.4 Å². The standard InChI is InChI=1S/C22H18N2O3S/c1-14-21(19(26)11-7-15-5-3-2-4-6-15)28-22(23-14)24-18-10-9-17(25)13-16(18)8-12-20(24)27/h2-6,8-10,12-13,25H,7,11H2,1H3. The van der Waals surface area contributed by atoms with Gasteiger partial charge in [-0.05, 0) is 43.2 Å². The van der Waals surface area contributed by atoms with Gasteiger partial charge in [0, 0.05) is 17.9 Å². The molecule has 0 unspecified atom stereocenters. The van der Waals surface area contributed by atoms with E-state index in [0.29, 0.717) is 34.1 Å². The summed E-state index contributed by atoms with van der Waals surface area (Å²) in [6.45, 7) is 1.79. The highest BCUT2D eigenvalue weighted by molar-refractivity contribution is 7.16. The molecule has 0 fully saturated rings. The predicted octanol–water partition coefficient (Wildman–Crippen LogP) is 4.28. The zero-order valence-corrected chi connectivity index (χ0v) is 16.1. The highest BCUT2D eigenvalue weighted by atomic mass is 32.1. The zero-order chi connectivity index (χ0) is 19.7. The monoisotopic (exact) mass is 390 g/mol. The van der Waals surface area contributed by atoms with Crippen molar-refractivity contribution in [2.45, 2.75) is 19.8 Å². The van der Waals surface area contributed by atoms with Crippen LogP contribution < -0.4 is 5.56 Å². The number of thiazole rings is 1. The molecule has 6 heteroatoms. The molecule has 4 rings (SSSR count). The Morgan fingerprint density at radius 3 is 2.68 bits per heavy atom. The van der Waals surface area contributed by atoms with E-state index in [1.807, 2.05) is 30.3 Å². The number of carbonyl (C=O) groups is 1. The Hall–Kier alpha value is -3.25. The van der Waals surface area contributed by atoms with Crippen molar-refractivity contribution in [3.63, 3.8) is 0 Å². The molecule has 0 aliphatic carbocycles. The van der Waals surface area contributed by atoms with Crippen molar-refractivity contribution in [1.82, 2.24) is 9.55 Å². The average molecular weight is 390 g/mol. The number of pyridine rings is 1. The number of phenolic OH excluding ortho intramolecular Hbond substituents is 1. The minimum Gasteiger partial charge on any atom is -0.508 e. The van der Waals surface area contributed by atoms with Crippen molar-refractivity contribution in [3.05, 3.63) is 87.2 Å². The minimum absolute atomic E-state index is 0.0241. The van der Waals surface area contributed by atoms with Crippen LogP contribution in [0.2, 0.25) is 0 Å². The lowest BCUT2D eigenvalue weighted by molar-refractivity contribution is 0.0986. The lowest BCUT2D eigenvalue weighted by Gasteiger charge is -2.06. The van der Waals surface area contributed by atoms with E-state index in [1.54, 1.807) is 25.1 Å². The number of Topliss-reactive ketones (excluding diaryl/α,β-unsaturated/α-hetero) is 1. The number of phenols is 1. The van der Waals surface area contributed by atoms with Gasteiger partial charge < -0.3 is 5.11 Å². The molecule has 1 N–H and O–H groups in total. The number of fused-ring (bicyclic) bond motifs is 1. The number of hydrogen-bond acceptors (Lipinski definition) is 5. The Labute approximate surface area is 165 Å². The van der Waals surface area contributed by atoms with Gasteiger partial charge in [0.2, 0.25) is 0 Å². The first-order valence-electron chi connectivity index (χ1n) is 8.92. The Kier molecular flexibility index (Phi) is 4.79. The zero-order valence-electron chi connectivity index (χ0n) is 15.3. The molecule has 0 amide bonds. The third-order valence-corrected chi connectivity index (χ3v) is 5.77. The predicted molar refractivity (Wildman–Crippen MR) is 111 cm³/mol. The summed E-state index contributed by atoms with van der Waals surface area (Å²) in [4.78, 5) is 30.3. The average Bonchev–Trinajstić information content (AvgIpc) is 3.08. The maximum atomic E-state index is 12.7. The van der Waals surface area contributed by atoms with Crippen LogP contribution in [0.25, 0.3) is 16.0 Å². The smallest absolute Gasteiger partial charge is 0.257 e. The third kappa shape index (κ3) is 3.46. The largest absolute Gasteiger partial charge is 0.508 e. The normalized spacial score (nSPS) is 11.0. The fourth-order valence-electron chi connectivity index (χ4n) is 3.18. The molecule has 0 aliphatic heterocycles. The quantitative estimate of drug-likeness (QED) is 0.516. The Morgan fingerprint density at radius 2 is 1.89 bits per heavy atom. The van der Waals surface area contributed by atoms with Gasteiger partial charge in [0.25, 0.3) is 5.56 Å². The van der Waals surface area contributed by atoms with Gasteiger partial charge in [0.15, 0.2) is 10.9 Å². The molecule has 0 saturated carbocycles. The van der Waals surface area contributed by atoms with Crippen molar-refractivity contribution in [1.29, 1.82) is 0 Å². The number of hydrogen-bond donors (Lipinski definition) is 1. The summed E-state index contributed by atoms with van der Waals surface area (Å²) in [5.41, 5.74) is 2.15. The maximum absolute atomic E-state index is 12.7. The van der Waals surface area contributed by atoms with Gasteiger partial charge in [-0.3, -0.25) is 14.2 Å². The summed E-state index contributed by atoms with van der Waals surface area (Å²) in [5, 5.41) is 10.9. The molecule has 0 bridgehead atoms. The third-order valence-electron chi connectivity index (χ3n) is 4.59. The topological polar surface area (TPSA) is 72.2 Å². The summed E-state index contributed by atoms with van der Waals surface area (Å²) in [7, 11) is 0. The first kappa shape index (κ1) is 18.1. The van der Waals surface area contributed by atoms with E-state index in [1.165, 1.54) is 28.0 Å². The van der Waals surface area contributed by atoms with Crippen LogP contribution in [0.5, 0.6) is 5.75 Å². The fraction of sp³-hybridized carbons (Fsp3) is 0.136. The first-order chi connectivity index (χ1) is 13.5. The maximum Gasteiger partial charge on any atom is 0.257 e. The van der Waals surface area contributed by atoms with Crippen LogP contribution in [-0.2, 0) is 6.42 Å². The second-order valence-electron chi connectivity index (χ2n) is 6.57. The van der Waals surface area contributed by atoms with E-state index in [2.05, 4.69) is 4.98 Å². The van der Waals surface area contributed by atoms with E-state index in [0.717, 1.165) is 10.9 Å². The first-order valence-corrected chi connectivity index (χ1v) is 9.74. The molecular weight excluding hydrogens is 372 g/mol. The van der Waals surface area contributed by atoms with Crippen molar-refractivity contribution < 1.29 is 9.90 Å². The van der Waals surface area contributed by atoms with Gasteiger partial charge in [-0.2, -0.15) is 0 Å². The van der Waals surface area contributed by atoms with Crippen molar-refractivity contribution in [2.75, 3.05) is 0 Å². The summed E-state index contributed by atoms with van der Waals surface area (Å²) >= 11 is 1.23. The van der Waals surface area contributed by atoms with Crippen LogP contribution in [0.1, 0.15) is 27.3 Å². The van der Waals surface area contributed by atoms with Gasteiger partial charge >= 0.3 is 0 Å². The summed E-state index contributed by atoms with van der Waals surface area (Å²) in [6.07, 6.45) is 1.06. The number of benzene rings is 2. The second kappa shape index (κ2) is 7.40. The van der Waals surface area contributed by atoms with Gasteiger partial charge in [-0.1, -0.05) is 41.7 Å². The number of ketones is 1. The van der Waals surface area contributed by atoms with Gasteiger partial charge in [0.05, 0.1) is 16.1 Å². The number of aromatic hydroxyl groups is 1. The van der Waals surface area contributed by atoms with Crippen molar-refractivity contribution in [2.24, 2.45) is 0 Å². The van der Waals surface area contributed by atoms with E-state index in [4.69, 9.17) is 0 Å². The minimum atomic E-state index is -0.227. The Morgan fingerprint density at radius 1 is 1.11 bits per heavy atom. The van der Waals surface area contributed by atoms with E-state index in [9.17, 15) is 14.7 Å². The number of rotatable bonds is 5. The summed E-state index contributed by atoms with van der Waals surface area (Å²) in [6, 6.07) is 17.8. The molecule has 0 aliphatic rings. The SMILES string of the molecule is Cc1nc(-n2c(=O)ccc3cc(O)ccc32)sc1C(=O)CCc1ccccc1. The fourth-order valence-corrected chi connectivity index (χ4v) is 4.24. The highest BCUT2D eigenvalue weighted by Crippen LogP contribution is 2.26.